The molecule has 122 valence electrons. The fourth-order valence-corrected chi connectivity index (χ4v) is 2.84. The SMILES string of the molecule is CCC(CC)N1CC(C(=O)Nc2ccccc2N)CC1=O.Cl. The maximum atomic E-state index is 12.3. The van der Waals surface area contributed by atoms with E-state index in [9.17, 15) is 9.59 Å². The molecule has 2 amide bonds. The van der Waals surface area contributed by atoms with Crippen molar-refractivity contribution in [1.82, 2.24) is 4.90 Å². The Morgan fingerprint density at radius 3 is 2.59 bits per heavy atom. The third-order valence-corrected chi connectivity index (χ3v) is 4.13. The topological polar surface area (TPSA) is 75.4 Å². The predicted octanol–water partition coefficient (Wildman–Crippen LogP) is 2.67. The Morgan fingerprint density at radius 2 is 2.00 bits per heavy atom. The van der Waals surface area contributed by atoms with Crippen LogP contribution < -0.4 is 11.1 Å². The number of nitrogens with two attached hydrogens (primary N) is 1. The lowest BCUT2D eigenvalue weighted by Gasteiger charge is -2.26. The van der Waals surface area contributed by atoms with Gasteiger partial charge in [-0.05, 0) is 25.0 Å². The molecule has 1 atom stereocenters. The smallest absolute Gasteiger partial charge is 0.229 e. The second-order valence-electron chi connectivity index (χ2n) is 5.49. The maximum Gasteiger partial charge on any atom is 0.229 e. The molecule has 0 spiro atoms. The monoisotopic (exact) mass is 325 g/mol. The van der Waals surface area contributed by atoms with Crippen LogP contribution in [0.4, 0.5) is 11.4 Å². The van der Waals surface area contributed by atoms with Gasteiger partial charge in [-0.2, -0.15) is 0 Å². The van der Waals surface area contributed by atoms with Gasteiger partial charge >= 0.3 is 0 Å². The molecular formula is C16H24ClN3O2. The largest absolute Gasteiger partial charge is 0.397 e. The Hall–Kier alpha value is -1.75. The highest BCUT2D eigenvalue weighted by Crippen LogP contribution is 2.25. The number of benzene rings is 1. The number of likely N-dealkylation sites (tertiary alicyclic amines) is 1. The van der Waals surface area contributed by atoms with Crippen LogP contribution in [0.2, 0.25) is 0 Å². The number of rotatable bonds is 5. The number of anilines is 2. The van der Waals surface area contributed by atoms with Crippen LogP contribution in [0, 0.1) is 5.92 Å². The van der Waals surface area contributed by atoms with E-state index in [2.05, 4.69) is 19.2 Å². The van der Waals surface area contributed by atoms with Crippen molar-refractivity contribution in [2.24, 2.45) is 5.92 Å². The van der Waals surface area contributed by atoms with E-state index in [0.29, 0.717) is 17.9 Å². The number of halogens is 1. The van der Waals surface area contributed by atoms with E-state index in [1.165, 1.54) is 0 Å². The molecule has 22 heavy (non-hydrogen) atoms. The molecule has 1 heterocycles. The van der Waals surface area contributed by atoms with Gasteiger partial charge in [0.25, 0.3) is 0 Å². The van der Waals surface area contributed by atoms with Crippen molar-refractivity contribution in [3.8, 4) is 0 Å². The van der Waals surface area contributed by atoms with Crippen LogP contribution in [-0.4, -0.2) is 29.3 Å². The van der Waals surface area contributed by atoms with E-state index in [-0.39, 0.29) is 42.6 Å². The summed E-state index contributed by atoms with van der Waals surface area (Å²) in [6.45, 7) is 4.64. The zero-order chi connectivity index (χ0) is 15.4. The van der Waals surface area contributed by atoms with Crippen LogP contribution in [0.25, 0.3) is 0 Å². The molecule has 0 aliphatic carbocycles. The van der Waals surface area contributed by atoms with Gasteiger partial charge in [-0.15, -0.1) is 12.4 Å². The van der Waals surface area contributed by atoms with Crippen LogP contribution in [0.1, 0.15) is 33.1 Å². The third-order valence-electron chi connectivity index (χ3n) is 4.13. The minimum absolute atomic E-state index is 0. The van der Waals surface area contributed by atoms with Crippen molar-refractivity contribution in [3.63, 3.8) is 0 Å². The Bertz CT molecular complexity index is 532. The summed E-state index contributed by atoms with van der Waals surface area (Å²) in [6.07, 6.45) is 2.12. The summed E-state index contributed by atoms with van der Waals surface area (Å²) in [5.41, 5.74) is 6.96. The molecule has 1 saturated heterocycles. The highest BCUT2D eigenvalue weighted by Gasteiger charge is 2.36. The van der Waals surface area contributed by atoms with Crippen molar-refractivity contribution in [2.45, 2.75) is 39.2 Å². The molecule has 0 aromatic heterocycles. The molecule has 3 N–H and O–H groups in total. The Labute approximate surface area is 137 Å². The normalized spacial score (nSPS) is 17.5. The van der Waals surface area contributed by atoms with Crippen molar-refractivity contribution >= 4 is 35.6 Å². The second kappa shape index (κ2) is 8.03. The summed E-state index contributed by atoms with van der Waals surface area (Å²) in [6, 6.07) is 7.38. The molecule has 6 heteroatoms. The number of amides is 2. The summed E-state index contributed by atoms with van der Waals surface area (Å²) in [7, 11) is 0. The first kappa shape index (κ1) is 18.3. The fourth-order valence-electron chi connectivity index (χ4n) is 2.84. The number of carbonyl (C=O) groups is 2. The lowest BCUT2D eigenvalue weighted by molar-refractivity contribution is -0.130. The highest BCUT2D eigenvalue weighted by atomic mass is 35.5. The van der Waals surface area contributed by atoms with Crippen LogP contribution in [-0.2, 0) is 9.59 Å². The summed E-state index contributed by atoms with van der Waals surface area (Å²) >= 11 is 0. The van der Waals surface area contributed by atoms with Gasteiger partial charge in [0.15, 0.2) is 0 Å². The average Bonchev–Trinajstić information content (AvgIpc) is 2.85. The van der Waals surface area contributed by atoms with Gasteiger partial charge in [0.1, 0.15) is 0 Å². The summed E-state index contributed by atoms with van der Waals surface area (Å²) in [5.74, 6) is -0.350. The first-order valence-electron chi connectivity index (χ1n) is 7.51. The first-order chi connectivity index (χ1) is 10.1. The molecule has 1 aromatic rings. The summed E-state index contributed by atoms with van der Waals surface area (Å²) < 4.78 is 0. The number of carbonyl (C=O) groups excluding carboxylic acids is 2. The Kier molecular flexibility index (Phi) is 6.68. The molecule has 1 aliphatic heterocycles. The van der Waals surface area contributed by atoms with Crippen LogP contribution >= 0.6 is 12.4 Å². The van der Waals surface area contributed by atoms with Gasteiger partial charge in [-0.25, -0.2) is 0 Å². The predicted molar refractivity (Wildman–Crippen MR) is 90.9 cm³/mol. The van der Waals surface area contributed by atoms with Crippen molar-refractivity contribution in [3.05, 3.63) is 24.3 Å². The van der Waals surface area contributed by atoms with Gasteiger partial charge in [0.05, 0.1) is 17.3 Å². The number of nitrogen functional groups attached to an aromatic ring is 1. The molecule has 5 nitrogen and oxygen atoms in total. The fraction of sp³-hybridized carbons (Fsp3) is 0.500. The number of para-hydroxylation sites is 2. The molecular weight excluding hydrogens is 302 g/mol. The van der Waals surface area contributed by atoms with Gasteiger partial charge in [0.2, 0.25) is 11.8 Å². The maximum absolute atomic E-state index is 12.3. The summed E-state index contributed by atoms with van der Waals surface area (Å²) in [4.78, 5) is 26.2. The van der Waals surface area contributed by atoms with Gasteiger partial charge in [0, 0.05) is 19.0 Å². The van der Waals surface area contributed by atoms with E-state index in [4.69, 9.17) is 5.73 Å². The minimum atomic E-state index is -0.294. The minimum Gasteiger partial charge on any atom is -0.397 e. The molecule has 1 fully saturated rings. The molecule has 1 aliphatic rings. The molecule has 1 unspecified atom stereocenters. The number of nitrogens with one attached hydrogen (secondary N) is 1. The molecule has 1 aromatic carbocycles. The van der Waals surface area contributed by atoms with Crippen molar-refractivity contribution in [2.75, 3.05) is 17.6 Å². The third kappa shape index (κ3) is 3.91. The van der Waals surface area contributed by atoms with Gasteiger partial charge in [-0.1, -0.05) is 26.0 Å². The van der Waals surface area contributed by atoms with E-state index in [0.717, 1.165) is 12.8 Å². The standard InChI is InChI=1S/C16H23N3O2.ClH/c1-3-12(4-2)19-10-11(9-15(19)20)16(21)18-14-8-6-5-7-13(14)17;/h5-8,11-12H,3-4,9-10,17H2,1-2H3,(H,18,21);1H. The van der Waals surface area contributed by atoms with Crippen molar-refractivity contribution < 1.29 is 9.59 Å². The second-order valence-corrected chi connectivity index (χ2v) is 5.49. The molecule has 0 bridgehead atoms. The lowest BCUT2D eigenvalue weighted by atomic mass is 10.1. The summed E-state index contributed by atoms with van der Waals surface area (Å²) in [5, 5.41) is 2.83. The molecule has 0 radical (unpaired) electrons. The zero-order valence-electron chi connectivity index (χ0n) is 13.0. The highest BCUT2D eigenvalue weighted by molar-refractivity contribution is 5.99. The van der Waals surface area contributed by atoms with Crippen molar-refractivity contribution in [1.29, 1.82) is 0 Å². The Morgan fingerprint density at radius 1 is 1.36 bits per heavy atom. The van der Waals surface area contributed by atoms with Crippen LogP contribution in [0.5, 0.6) is 0 Å². The first-order valence-corrected chi connectivity index (χ1v) is 7.51. The van der Waals surface area contributed by atoms with E-state index in [1.807, 2.05) is 17.0 Å². The van der Waals surface area contributed by atoms with E-state index in [1.54, 1.807) is 12.1 Å². The quantitative estimate of drug-likeness (QED) is 0.817. The van der Waals surface area contributed by atoms with E-state index >= 15 is 0 Å². The molecule has 0 saturated carbocycles. The van der Waals surface area contributed by atoms with E-state index < -0.39 is 0 Å². The number of hydrogen-bond donors (Lipinski definition) is 2. The van der Waals surface area contributed by atoms with Gasteiger partial charge < -0.3 is 16.0 Å². The Balaban J connectivity index is 0.00000242. The number of nitrogens with zero attached hydrogens (tertiary/aromatic N) is 1. The van der Waals surface area contributed by atoms with Crippen LogP contribution in [0.3, 0.4) is 0 Å². The lowest BCUT2D eigenvalue weighted by Crippen LogP contribution is -2.36. The molecule has 2 rings (SSSR count). The van der Waals surface area contributed by atoms with Crippen LogP contribution in [0.15, 0.2) is 24.3 Å². The van der Waals surface area contributed by atoms with Gasteiger partial charge in [-0.3, -0.25) is 9.59 Å². The number of hydrogen-bond acceptors (Lipinski definition) is 3. The zero-order valence-corrected chi connectivity index (χ0v) is 13.9. The average molecular weight is 326 g/mol.